The molecule has 0 saturated heterocycles. The lowest BCUT2D eigenvalue weighted by Gasteiger charge is -2.24. The van der Waals surface area contributed by atoms with Gasteiger partial charge in [0.25, 0.3) is 11.8 Å². The first-order valence-electron chi connectivity index (χ1n) is 15.8. The number of amides is 6. The zero-order chi connectivity index (χ0) is 35.8. The third-order valence-electron chi connectivity index (χ3n) is 7.24. The van der Waals surface area contributed by atoms with Gasteiger partial charge in [0.05, 0.1) is 0 Å². The number of unbranched alkanes of at least 4 members (excludes halogenated alkanes) is 2. The van der Waals surface area contributed by atoms with Crippen molar-refractivity contribution in [1.82, 2.24) is 20.9 Å². The Bertz CT molecular complexity index is 1360. The van der Waals surface area contributed by atoms with Crippen LogP contribution in [-0.4, -0.2) is 82.1 Å². The number of ether oxygens (including phenoxy) is 1. The molecule has 1 aromatic rings. The number of carbonyl (C=O) groups excluding carboxylic acids is 7. The zero-order valence-electron chi connectivity index (χ0n) is 27.7. The van der Waals surface area contributed by atoms with E-state index in [2.05, 4.69) is 21.3 Å². The number of carbonyl (C=O) groups is 8. The van der Waals surface area contributed by atoms with E-state index in [9.17, 15) is 38.4 Å². The summed E-state index contributed by atoms with van der Waals surface area (Å²) in [5.41, 5.74) is 1.04. The summed E-state index contributed by atoms with van der Waals surface area (Å²) in [6.07, 6.45) is 3.81. The molecule has 6 amide bonds. The molecule has 1 aliphatic rings. The Kier molecular flexibility index (Phi) is 15.9. The fourth-order valence-corrected chi connectivity index (χ4v) is 4.66. The molecule has 0 radical (unpaired) electrons. The second-order valence-corrected chi connectivity index (χ2v) is 11.9. The maximum Gasteiger partial charge on any atom is 0.303 e. The number of esters is 1. The van der Waals surface area contributed by atoms with Crippen molar-refractivity contribution in [1.29, 1.82) is 0 Å². The van der Waals surface area contributed by atoms with Crippen LogP contribution in [0.4, 0.5) is 5.69 Å². The molecule has 15 heteroatoms. The highest BCUT2D eigenvalue weighted by Crippen LogP contribution is 2.13. The van der Waals surface area contributed by atoms with Gasteiger partial charge < -0.3 is 31.1 Å². The molecule has 15 nitrogen and oxygen atoms in total. The Morgan fingerprint density at radius 1 is 0.792 bits per heavy atom. The van der Waals surface area contributed by atoms with Gasteiger partial charge in [0.15, 0.2) is 0 Å². The summed E-state index contributed by atoms with van der Waals surface area (Å²) in [7, 11) is 0. The number of rotatable bonds is 20. The molecule has 0 aromatic heterocycles. The molecule has 0 fully saturated rings. The summed E-state index contributed by atoms with van der Waals surface area (Å²) in [6.45, 7) is 6.74. The van der Waals surface area contributed by atoms with Crippen LogP contribution in [0.1, 0.15) is 78.2 Å². The second-order valence-electron chi connectivity index (χ2n) is 11.9. The molecule has 0 bridgehead atoms. The van der Waals surface area contributed by atoms with Crippen molar-refractivity contribution in [2.24, 2.45) is 5.92 Å². The summed E-state index contributed by atoms with van der Waals surface area (Å²) in [5.74, 6) is -4.67. The third-order valence-corrected chi connectivity index (χ3v) is 7.24. The number of carboxylic acids is 1. The largest absolute Gasteiger partial charge is 0.481 e. The van der Waals surface area contributed by atoms with E-state index in [1.54, 1.807) is 24.3 Å². The van der Waals surface area contributed by atoms with Crippen molar-refractivity contribution in [3.05, 3.63) is 42.0 Å². The number of nitrogens with one attached hydrogen (secondary N) is 4. The summed E-state index contributed by atoms with van der Waals surface area (Å²) < 4.78 is 4.93. The van der Waals surface area contributed by atoms with Gasteiger partial charge in [0.1, 0.15) is 24.7 Å². The minimum Gasteiger partial charge on any atom is -0.481 e. The second kappa shape index (κ2) is 19.6. The van der Waals surface area contributed by atoms with Crippen LogP contribution in [0.3, 0.4) is 0 Å². The predicted molar refractivity (Wildman–Crippen MR) is 173 cm³/mol. The van der Waals surface area contributed by atoms with Gasteiger partial charge in [0.2, 0.25) is 23.6 Å². The average molecular weight is 672 g/mol. The number of imide groups is 1. The summed E-state index contributed by atoms with van der Waals surface area (Å²) in [6, 6.07) is 3.09. The standard InChI is InChI=1S/C33H45N5O10/c1-20(2)18-26(36-27(40)8-6-5-7-17-38-28(41)14-15-29(38)42)33(47)34-21(3)31(45)37-25(13-16-30(43)44)32(46)35-24-11-9-23(10-12-24)19-48-22(4)39/h9-12,14-15,20-21,25-26H,5-8,13,16-19H2,1-4H3,(H,34,47)(H,35,46)(H,36,40)(H,37,45)(H,43,44)/t21-,25-,26+/m0/s1. The van der Waals surface area contributed by atoms with Gasteiger partial charge in [-0.2, -0.15) is 0 Å². The first-order chi connectivity index (χ1) is 22.7. The number of anilines is 1. The molecule has 0 unspecified atom stereocenters. The van der Waals surface area contributed by atoms with Gasteiger partial charge in [-0.3, -0.25) is 43.3 Å². The van der Waals surface area contributed by atoms with Crippen LogP contribution in [0.15, 0.2) is 36.4 Å². The number of hydrogen-bond donors (Lipinski definition) is 5. The molecule has 3 atom stereocenters. The molecular weight excluding hydrogens is 626 g/mol. The number of carboxylic acid groups (broad SMARTS) is 1. The highest BCUT2D eigenvalue weighted by Gasteiger charge is 2.28. The normalized spacial score (nSPS) is 14.2. The van der Waals surface area contributed by atoms with Crippen molar-refractivity contribution in [3.8, 4) is 0 Å². The molecule has 0 aliphatic carbocycles. The number of benzene rings is 1. The first-order valence-corrected chi connectivity index (χ1v) is 15.8. The lowest BCUT2D eigenvalue weighted by Crippen LogP contribution is -2.55. The molecule has 48 heavy (non-hydrogen) atoms. The lowest BCUT2D eigenvalue weighted by molar-refractivity contribution is -0.142. The van der Waals surface area contributed by atoms with Crippen LogP contribution >= 0.6 is 0 Å². The molecule has 262 valence electrons. The lowest BCUT2D eigenvalue weighted by atomic mass is 10.0. The number of nitrogens with zero attached hydrogens (tertiary/aromatic N) is 1. The predicted octanol–water partition coefficient (Wildman–Crippen LogP) is 1.56. The van der Waals surface area contributed by atoms with Crippen LogP contribution < -0.4 is 21.3 Å². The smallest absolute Gasteiger partial charge is 0.303 e. The Hall–Kier alpha value is -5.08. The summed E-state index contributed by atoms with van der Waals surface area (Å²) >= 11 is 0. The van der Waals surface area contributed by atoms with E-state index in [-0.39, 0.29) is 49.6 Å². The topological polar surface area (TPSA) is 217 Å². The molecule has 1 aromatic carbocycles. The highest BCUT2D eigenvalue weighted by molar-refractivity contribution is 6.12. The Morgan fingerprint density at radius 2 is 1.44 bits per heavy atom. The van der Waals surface area contributed by atoms with Crippen molar-refractivity contribution < 1.29 is 48.2 Å². The van der Waals surface area contributed by atoms with Gasteiger partial charge in [-0.05, 0) is 56.2 Å². The van der Waals surface area contributed by atoms with E-state index in [1.165, 1.54) is 26.0 Å². The van der Waals surface area contributed by atoms with Crippen LogP contribution in [0.2, 0.25) is 0 Å². The van der Waals surface area contributed by atoms with Crippen LogP contribution in [-0.2, 0) is 49.7 Å². The quantitative estimate of drug-likeness (QED) is 0.0765. The number of hydrogen-bond acceptors (Lipinski definition) is 9. The minimum atomic E-state index is -1.24. The van der Waals surface area contributed by atoms with Crippen molar-refractivity contribution in [2.75, 3.05) is 11.9 Å². The molecule has 0 saturated carbocycles. The average Bonchev–Trinajstić information content (AvgIpc) is 3.33. The fraction of sp³-hybridized carbons (Fsp3) is 0.515. The molecule has 1 aliphatic heterocycles. The van der Waals surface area contributed by atoms with E-state index < -0.39 is 54.2 Å². The van der Waals surface area contributed by atoms with E-state index in [0.717, 1.165) is 4.90 Å². The van der Waals surface area contributed by atoms with Crippen molar-refractivity contribution >= 4 is 53.1 Å². The van der Waals surface area contributed by atoms with Gasteiger partial charge in [-0.1, -0.05) is 32.4 Å². The van der Waals surface area contributed by atoms with Crippen LogP contribution in [0.5, 0.6) is 0 Å². The zero-order valence-corrected chi connectivity index (χ0v) is 27.7. The maximum atomic E-state index is 13.1. The van der Waals surface area contributed by atoms with E-state index in [0.29, 0.717) is 36.9 Å². The van der Waals surface area contributed by atoms with Gasteiger partial charge in [-0.15, -0.1) is 0 Å². The van der Waals surface area contributed by atoms with Gasteiger partial charge >= 0.3 is 11.9 Å². The molecule has 2 rings (SSSR count). The highest BCUT2D eigenvalue weighted by atomic mass is 16.5. The monoisotopic (exact) mass is 671 g/mol. The SMILES string of the molecule is CC(=O)OCc1ccc(NC(=O)[C@H](CCC(=O)O)NC(=O)[C@H](C)NC(=O)[C@@H](CC(C)C)NC(=O)CCCCCN2C(=O)C=CC2=O)cc1. The van der Waals surface area contributed by atoms with Crippen LogP contribution in [0, 0.1) is 5.92 Å². The summed E-state index contributed by atoms with van der Waals surface area (Å²) in [4.78, 5) is 98.5. The first kappa shape index (κ1) is 39.1. The minimum absolute atomic E-state index is 0.0224. The number of aliphatic carboxylic acids is 1. The third kappa shape index (κ3) is 14.1. The molecule has 0 spiro atoms. The Morgan fingerprint density at radius 3 is 2.02 bits per heavy atom. The maximum absolute atomic E-state index is 13.1. The summed E-state index contributed by atoms with van der Waals surface area (Å²) in [5, 5.41) is 19.6. The fourth-order valence-electron chi connectivity index (χ4n) is 4.66. The van der Waals surface area contributed by atoms with E-state index in [4.69, 9.17) is 9.84 Å². The van der Waals surface area contributed by atoms with Gasteiger partial charge in [0, 0.05) is 44.1 Å². The molecule has 5 N–H and O–H groups in total. The molecule has 1 heterocycles. The van der Waals surface area contributed by atoms with E-state index in [1.807, 2.05) is 13.8 Å². The molecular formula is C33H45N5O10. The van der Waals surface area contributed by atoms with Crippen LogP contribution in [0.25, 0.3) is 0 Å². The van der Waals surface area contributed by atoms with Crippen molar-refractivity contribution in [3.63, 3.8) is 0 Å². The Balaban J connectivity index is 1.92. The Labute approximate surface area is 279 Å². The van der Waals surface area contributed by atoms with Gasteiger partial charge in [-0.25, -0.2) is 0 Å². The van der Waals surface area contributed by atoms with E-state index >= 15 is 0 Å². The van der Waals surface area contributed by atoms with Crippen molar-refractivity contribution in [2.45, 2.75) is 97.4 Å².